The van der Waals surface area contributed by atoms with E-state index in [1.807, 2.05) is 25.1 Å². The molecule has 0 heterocycles. The van der Waals surface area contributed by atoms with Crippen LogP contribution in [-0.4, -0.2) is 6.41 Å². The van der Waals surface area contributed by atoms with E-state index in [0.717, 1.165) is 22.4 Å². The normalized spacial score (nSPS) is 10.0. The van der Waals surface area contributed by atoms with Crippen LogP contribution in [0.1, 0.15) is 5.56 Å². The van der Waals surface area contributed by atoms with Crippen molar-refractivity contribution in [2.45, 2.75) is 6.92 Å². The van der Waals surface area contributed by atoms with Crippen molar-refractivity contribution in [3.8, 4) is 11.1 Å². The van der Waals surface area contributed by atoms with Crippen molar-refractivity contribution in [2.24, 2.45) is 0 Å². The van der Waals surface area contributed by atoms with Gasteiger partial charge in [-0.1, -0.05) is 30.3 Å². The number of para-hydroxylation sites is 1. The number of benzene rings is 2. The first kappa shape index (κ1) is 11.3. The monoisotopic (exact) mass is 229 g/mol. The summed E-state index contributed by atoms with van der Waals surface area (Å²) < 4.78 is 12.9. The van der Waals surface area contributed by atoms with Gasteiger partial charge in [-0.15, -0.1) is 0 Å². The van der Waals surface area contributed by atoms with Crippen molar-refractivity contribution in [2.75, 3.05) is 5.32 Å². The summed E-state index contributed by atoms with van der Waals surface area (Å²) in [7, 11) is 0. The average molecular weight is 229 g/mol. The molecule has 0 bridgehead atoms. The molecule has 0 aromatic heterocycles. The molecule has 0 aliphatic heterocycles. The number of amides is 1. The highest BCUT2D eigenvalue weighted by molar-refractivity contribution is 5.87. The molecule has 2 nitrogen and oxygen atoms in total. The molecule has 0 unspecified atom stereocenters. The van der Waals surface area contributed by atoms with Crippen LogP contribution in [0.15, 0.2) is 42.5 Å². The van der Waals surface area contributed by atoms with Crippen LogP contribution < -0.4 is 5.32 Å². The topological polar surface area (TPSA) is 29.1 Å². The van der Waals surface area contributed by atoms with Gasteiger partial charge in [0.05, 0.1) is 5.69 Å². The van der Waals surface area contributed by atoms with Gasteiger partial charge < -0.3 is 5.32 Å². The Hall–Kier alpha value is -2.16. The molecule has 17 heavy (non-hydrogen) atoms. The zero-order chi connectivity index (χ0) is 12.3. The molecule has 0 radical (unpaired) electrons. The van der Waals surface area contributed by atoms with E-state index in [1.54, 1.807) is 12.1 Å². The zero-order valence-corrected chi connectivity index (χ0v) is 9.41. The first-order valence-corrected chi connectivity index (χ1v) is 5.28. The van der Waals surface area contributed by atoms with Crippen molar-refractivity contribution in [3.63, 3.8) is 0 Å². The van der Waals surface area contributed by atoms with E-state index in [2.05, 4.69) is 5.32 Å². The van der Waals surface area contributed by atoms with Gasteiger partial charge in [0.2, 0.25) is 6.41 Å². The van der Waals surface area contributed by atoms with E-state index in [4.69, 9.17) is 0 Å². The third kappa shape index (κ3) is 2.33. The Morgan fingerprint density at radius 1 is 1.12 bits per heavy atom. The molecule has 1 amide bonds. The summed E-state index contributed by atoms with van der Waals surface area (Å²) in [4.78, 5) is 10.6. The van der Waals surface area contributed by atoms with Gasteiger partial charge in [0.15, 0.2) is 0 Å². The largest absolute Gasteiger partial charge is 0.328 e. The number of anilines is 1. The van der Waals surface area contributed by atoms with Crippen LogP contribution in [0.3, 0.4) is 0 Å². The quantitative estimate of drug-likeness (QED) is 0.803. The summed E-state index contributed by atoms with van der Waals surface area (Å²) in [6, 6.07) is 11.9. The number of nitrogens with one attached hydrogen (secondary N) is 1. The van der Waals surface area contributed by atoms with Gasteiger partial charge >= 0.3 is 0 Å². The van der Waals surface area contributed by atoms with E-state index < -0.39 is 0 Å². The van der Waals surface area contributed by atoms with Gasteiger partial charge in [-0.3, -0.25) is 4.79 Å². The van der Waals surface area contributed by atoms with Crippen molar-refractivity contribution in [1.29, 1.82) is 0 Å². The number of hydrogen-bond acceptors (Lipinski definition) is 1. The number of halogens is 1. The Kier molecular flexibility index (Phi) is 3.19. The van der Waals surface area contributed by atoms with Crippen molar-refractivity contribution >= 4 is 12.1 Å². The van der Waals surface area contributed by atoms with Crippen LogP contribution in [0.25, 0.3) is 11.1 Å². The van der Waals surface area contributed by atoms with Gasteiger partial charge in [-0.05, 0) is 30.2 Å². The molecule has 0 atom stereocenters. The zero-order valence-electron chi connectivity index (χ0n) is 9.41. The lowest BCUT2D eigenvalue weighted by Crippen LogP contribution is -1.98. The Balaban J connectivity index is 2.54. The predicted molar refractivity (Wildman–Crippen MR) is 66.3 cm³/mol. The Bertz CT molecular complexity index is 534. The van der Waals surface area contributed by atoms with Gasteiger partial charge in [0.25, 0.3) is 0 Å². The number of carbonyl (C=O) groups excluding carboxylic acids is 1. The second kappa shape index (κ2) is 4.78. The van der Waals surface area contributed by atoms with Gasteiger partial charge in [0.1, 0.15) is 5.82 Å². The summed E-state index contributed by atoms with van der Waals surface area (Å²) in [5, 5.41) is 2.68. The first-order valence-electron chi connectivity index (χ1n) is 5.28. The van der Waals surface area contributed by atoms with E-state index in [9.17, 15) is 9.18 Å². The van der Waals surface area contributed by atoms with E-state index in [0.29, 0.717) is 6.41 Å². The van der Waals surface area contributed by atoms with Crippen LogP contribution in [0.4, 0.5) is 10.1 Å². The summed E-state index contributed by atoms with van der Waals surface area (Å²) >= 11 is 0. The van der Waals surface area contributed by atoms with Crippen LogP contribution in [0.2, 0.25) is 0 Å². The predicted octanol–water partition coefficient (Wildman–Crippen LogP) is 3.37. The maximum absolute atomic E-state index is 12.9. The van der Waals surface area contributed by atoms with Crippen LogP contribution >= 0.6 is 0 Å². The van der Waals surface area contributed by atoms with Gasteiger partial charge in [-0.25, -0.2) is 4.39 Å². The molecule has 1 N–H and O–H groups in total. The van der Waals surface area contributed by atoms with Crippen LogP contribution in [-0.2, 0) is 4.79 Å². The first-order chi connectivity index (χ1) is 8.22. The summed E-state index contributed by atoms with van der Waals surface area (Å²) in [5.41, 5.74) is 3.49. The molecule has 86 valence electrons. The standard InChI is InChI=1S/C14H12FNO/c1-10-3-2-4-13(14(10)16-9-17)11-5-7-12(15)8-6-11/h2-9H,1H3,(H,16,17). The molecule has 3 heteroatoms. The van der Waals surface area contributed by atoms with Gasteiger partial charge in [-0.2, -0.15) is 0 Å². The summed E-state index contributed by atoms with van der Waals surface area (Å²) in [6.45, 7) is 1.92. The van der Waals surface area contributed by atoms with E-state index in [1.165, 1.54) is 12.1 Å². The molecule has 0 saturated heterocycles. The molecule has 0 spiro atoms. The van der Waals surface area contributed by atoms with Crippen LogP contribution in [0, 0.1) is 12.7 Å². The summed E-state index contributed by atoms with van der Waals surface area (Å²) in [6.07, 6.45) is 0.648. The fraction of sp³-hybridized carbons (Fsp3) is 0.0714. The molecule has 2 aromatic rings. The lowest BCUT2D eigenvalue weighted by atomic mass is 10.0. The molecule has 0 aliphatic carbocycles. The van der Waals surface area contributed by atoms with E-state index >= 15 is 0 Å². The molecule has 0 saturated carbocycles. The number of hydrogen-bond donors (Lipinski definition) is 1. The average Bonchev–Trinajstić information content (AvgIpc) is 2.33. The number of carbonyl (C=O) groups is 1. The lowest BCUT2D eigenvalue weighted by Gasteiger charge is -2.11. The Morgan fingerprint density at radius 2 is 1.82 bits per heavy atom. The molecular weight excluding hydrogens is 217 g/mol. The van der Waals surface area contributed by atoms with Crippen molar-refractivity contribution in [3.05, 3.63) is 53.8 Å². The SMILES string of the molecule is Cc1cccc(-c2ccc(F)cc2)c1NC=O. The fourth-order valence-corrected chi connectivity index (χ4v) is 1.79. The second-order valence-electron chi connectivity index (χ2n) is 3.77. The highest BCUT2D eigenvalue weighted by Gasteiger charge is 2.06. The summed E-state index contributed by atoms with van der Waals surface area (Å²) in [5.74, 6) is -0.272. The molecule has 0 fully saturated rings. The third-order valence-corrected chi connectivity index (χ3v) is 2.63. The minimum atomic E-state index is -0.272. The van der Waals surface area contributed by atoms with Crippen molar-refractivity contribution in [1.82, 2.24) is 0 Å². The number of rotatable bonds is 3. The molecule has 0 aliphatic rings. The minimum Gasteiger partial charge on any atom is -0.328 e. The molecular formula is C14H12FNO. The van der Waals surface area contributed by atoms with Gasteiger partial charge in [0, 0.05) is 5.56 Å². The Labute approximate surface area is 99.1 Å². The number of aryl methyl sites for hydroxylation is 1. The highest BCUT2D eigenvalue weighted by atomic mass is 19.1. The molecule has 2 rings (SSSR count). The lowest BCUT2D eigenvalue weighted by molar-refractivity contribution is -0.105. The second-order valence-corrected chi connectivity index (χ2v) is 3.77. The fourth-order valence-electron chi connectivity index (χ4n) is 1.79. The van der Waals surface area contributed by atoms with Crippen molar-refractivity contribution < 1.29 is 9.18 Å². The maximum Gasteiger partial charge on any atom is 0.211 e. The maximum atomic E-state index is 12.9. The van der Waals surface area contributed by atoms with Crippen LogP contribution in [0.5, 0.6) is 0 Å². The smallest absolute Gasteiger partial charge is 0.211 e. The third-order valence-electron chi connectivity index (χ3n) is 2.63. The minimum absolute atomic E-state index is 0.272. The Morgan fingerprint density at radius 3 is 2.47 bits per heavy atom. The highest BCUT2D eigenvalue weighted by Crippen LogP contribution is 2.30. The van der Waals surface area contributed by atoms with E-state index in [-0.39, 0.29) is 5.82 Å². The molecule has 2 aromatic carbocycles.